The Hall–Kier alpha value is 7.00. The summed E-state index contributed by atoms with van der Waals surface area (Å²) in [6.07, 6.45) is 0. The fraction of sp³-hybridized carbons (Fsp3) is 1.00. The Balaban J connectivity index is 0. The largest absolute Gasteiger partial charge is 0.197 e. The molecule has 0 amide bonds. The fourth-order valence-corrected chi connectivity index (χ4v) is 0. The topological polar surface area (TPSA) is 0 Å². The van der Waals surface area contributed by atoms with E-state index in [1.807, 2.05) is 0 Å². The predicted molar refractivity (Wildman–Crippen MR) is 410 cm³/mol. The van der Waals surface area contributed by atoms with Crippen molar-refractivity contribution in [1.29, 1.82) is 0 Å². The first-order valence-corrected chi connectivity index (χ1v) is 0. The maximum atomic E-state index is 0. The quantitative estimate of drug-likeness (QED) is 0.227. The van der Waals surface area contributed by atoms with Gasteiger partial charge in [-0.2, -0.15) is 270 Å². The molecule has 0 saturated heterocycles. The SMILES string of the molecule is C.C.C.C.C.C.C.C.C.C.C.C.C.C.C.C.C.C.C.C.C.C.C.C.C.C.C.C.C.C.S.S.S.S.S.S.S.S.S.S.S.S.S.S.S.S.S.S.S.S. The fourth-order valence-electron chi connectivity index (χ4n) is 0. The highest BCUT2D eigenvalue weighted by Crippen LogP contribution is 0.668. The highest BCUT2D eigenvalue weighted by molar-refractivity contribution is 7.61. The van der Waals surface area contributed by atoms with Crippen molar-refractivity contribution in [3.8, 4) is 0 Å². The first-order valence-electron chi connectivity index (χ1n) is 0. The van der Waals surface area contributed by atoms with E-state index in [1.54, 1.807) is 0 Å². The molecule has 0 bridgehead atoms. The Kier molecular flexibility index (Phi) is 252000. The Morgan fingerprint density at radius 3 is 0.0400 bits per heavy atom. The van der Waals surface area contributed by atoms with Crippen LogP contribution in [-0.4, -0.2) is 0 Å². The molecule has 0 nitrogen and oxygen atoms in total. The smallest absolute Gasteiger partial charge is 0.0776 e. The van der Waals surface area contributed by atoms with Crippen LogP contribution in [0.3, 0.4) is 0 Å². The van der Waals surface area contributed by atoms with Gasteiger partial charge in [0.1, 0.15) is 0 Å². The average molecular weight is 1160 g/mol. The van der Waals surface area contributed by atoms with Crippen LogP contribution in [0.5, 0.6) is 0 Å². The second-order valence-corrected chi connectivity index (χ2v) is 0. The number of hydrogen-bond acceptors (Lipinski definition) is 0. The Labute approximate surface area is 486 Å². The summed E-state index contributed by atoms with van der Waals surface area (Å²) in [6.45, 7) is 0. The molecular formula is C30H160S20. The van der Waals surface area contributed by atoms with Crippen LogP contribution in [0.1, 0.15) is 223 Å². The molecule has 0 heterocycles. The van der Waals surface area contributed by atoms with Gasteiger partial charge in [0.2, 0.25) is 0 Å². The minimum absolute atomic E-state index is 0. The molecule has 0 saturated carbocycles. The number of rotatable bonds is 0. The van der Waals surface area contributed by atoms with E-state index >= 15 is 0 Å². The van der Waals surface area contributed by atoms with Gasteiger partial charge in [0, 0.05) is 0 Å². The van der Waals surface area contributed by atoms with Gasteiger partial charge in [0.15, 0.2) is 0 Å². The van der Waals surface area contributed by atoms with Crippen molar-refractivity contribution >= 4 is 270 Å². The van der Waals surface area contributed by atoms with Crippen LogP contribution in [0, 0.1) is 0 Å². The third-order valence-corrected chi connectivity index (χ3v) is 0. The third-order valence-electron chi connectivity index (χ3n) is 0. The lowest BCUT2D eigenvalue weighted by Crippen LogP contribution is 0.143. The van der Waals surface area contributed by atoms with Gasteiger partial charge < -0.3 is 0 Å². The van der Waals surface area contributed by atoms with Crippen molar-refractivity contribution in [2.24, 2.45) is 0 Å². The maximum Gasteiger partial charge on any atom is -0.0776 e. The molecule has 0 aromatic carbocycles. The van der Waals surface area contributed by atoms with Crippen LogP contribution in [-0.2, 0) is 0 Å². The zero-order chi connectivity index (χ0) is 0. The molecule has 400 valence electrons. The summed E-state index contributed by atoms with van der Waals surface area (Å²) in [7, 11) is 0. The van der Waals surface area contributed by atoms with Crippen molar-refractivity contribution in [3.05, 3.63) is 0 Å². The van der Waals surface area contributed by atoms with E-state index in [0.717, 1.165) is 0 Å². The second-order valence-electron chi connectivity index (χ2n) is 0. The molecule has 0 aliphatic rings. The second kappa shape index (κ2) is 3460. The summed E-state index contributed by atoms with van der Waals surface area (Å²) in [4.78, 5) is 0. The van der Waals surface area contributed by atoms with Crippen molar-refractivity contribution in [1.82, 2.24) is 0 Å². The van der Waals surface area contributed by atoms with Crippen LogP contribution in [0.25, 0.3) is 0 Å². The average Bonchev–Trinajstić information content (AvgIpc) is 0. The zero-order valence-corrected chi connectivity index (χ0v) is 30.0. The van der Waals surface area contributed by atoms with Gasteiger partial charge in [-0.25, -0.2) is 0 Å². The Morgan fingerprint density at radius 1 is 0.0400 bits per heavy atom. The molecule has 0 rings (SSSR count). The number of hydrogen-bond donors (Lipinski definition) is 0. The Bertz CT molecular complexity index is 48.5. The van der Waals surface area contributed by atoms with Crippen LogP contribution < -0.4 is 0 Å². The normalized spacial score (nSPS) is 0. The van der Waals surface area contributed by atoms with Crippen LogP contribution in [0.2, 0.25) is 0 Å². The van der Waals surface area contributed by atoms with E-state index < -0.39 is 0 Å². The molecule has 0 radical (unpaired) electrons. The molecule has 0 aromatic heterocycles. The summed E-state index contributed by atoms with van der Waals surface area (Å²) < 4.78 is 0. The molecule has 20 heteroatoms. The van der Waals surface area contributed by atoms with Gasteiger partial charge in [-0.1, -0.05) is 223 Å². The molecule has 0 spiro atoms. The minimum atomic E-state index is 0. The van der Waals surface area contributed by atoms with E-state index in [9.17, 15) is 0 Å². The summed E-state index contributed by atoms with van der Waals surface area (Å²) in [5, 5.41) is 0. The first kappa shape index (κ1) is 3650. The molecule has 0 aliphatic carbocycles. The summed E-state index contributed by atoms with van der Waals surface area (Å²) in [6, 6.07) is 0. The minimum Gasteiger partial charge on any atom is -0.197 e. The van der Waals surface area contributed by atoms with Crippen LogP contribution in [0.4, 0.5) is 0 Å². The van der Waals surface area contributed by atoms with Crippen molar-refractivity contribution < 1.29 is 0 Å². The van der Waals surface area contributed by atoms with Crippen LogP contribution >= 0.6 is 270 Å². The molecule has 0 atom stereocenters. The van der Waals surface area contributed by atoms with Gasteiger partial charge >= 0.3 is 0 Å². The van der Waals surface area contributed by atoms with Gasteiger partial charge in [-0.15, -0.1) is 0 Å². The third kappa shape index (κ3) is 3270. The predicted octanol–water partition coefficient (Wildman–Crippen LogP) is 21.3. The summed E-state index contributed by atoms with van der Waals surface area (Å²) in [5.41, 5.74) is 0. The first-order chi connectivity index (χ1) is 0. The molecule has 50 heavy (non-hydrogen) atoms. The van der Waals surface area contributed by atoms with Gasteiger partial charge in [-0.3, -0.25) is 0 Å². The summed E-state index contributed by atoms with van der Waals surface area (Å²) >= 11 is 0. The van der Waals surface area contributed by atoms with Crippen molar-refractivity contribution in [3.63, 3.8) is 0 Å². The molecule has 0 aromatic rings. The maximum absolute atomic E-state index is 0. The lowest BCUT2D eigenvalue weighted by molar-refractivity contribution is 2.50. The van der Waals surface area contributed by atoms with E-state index in [1.165, 1.54) is 0 Å². The summed E-state index contributed by atoms with van der Waals surface area (Å²) in [5.74, 6) is 0. The van der Waals surface area contributed by atoms with Gasteiger partial charge in [0.25, 0.3) is 0 Å². The molecular weight excluding hydrogens is 1000 g/mol. The lowest BCUT2D eigenvalue weighted by Gasteiger charge is -0.198. The zero-order valence-electron chi connectivity index (χ0n) is 10.0. The van der Waals surface area contributed by atoms with Crippen LogP contribution in [0.15, 0.2) is 0 Å². The standard InChI is InChI=1S/30CH4.20H2S/h30*1H4;20*1H2. The highest BCUT2D eigenvalue weighted by Gasteiger charge is -0.0441. The highest BCUT2D eigenvalue weighted by atomic mass is 32.1. The van der Waals surface area contributed by atoms with Crippen molar-refractivity contribution in [2.45, 2.75) is 223 Å². The molecule has 0 unspecified atom stereocenters. The molecule has 0 fully saturated rings. The van der Waals surface area contributed by atoms with Gasteiger partial charge in [-0.05, 0) is 0 Å². The van der Waals surface area contributed by atoms with E-state index in [2.05, 4.69) is 0 Å². The van der Waals surface area contributed by atoms with Gasteiger partial charge in [0.05, 0.1) is 0 Å². The molecule has 0 aliphatic heterocycles. The molecule has 0 N–H and O–H groups in total. The van der Waals surface area contributed by atoms with E-state index in [-0.39, 0.29) is 493 Å². The monoisotopic (exact) mass is 1160 g/mol. The van der Waals surface area contributed by atoms with Crippen molar-refractivity contribution in [2.75, 3.05) is 0 Å². The Morgan fingerprint density at radius 2 is 0.0400 bits per heavy atom. The lowest BCUT2D eigenvalue weighted by atomic mass is 12.0. The van der Waals surface area contributed by atoms with E-state index in [0.29, 0.717) is 0 Å². The van der Waals surface area contributed by atoms with E-state index in [4.69, 9.17) is 0 Å².